The Morgan fingerprint density at radius 3 is 2.35 bits per heavy atom. The number of rotatable bonds is 6. The number of hydrogen-bond donors (Lipinski definition) is 1. The summed E-state index contributed by atoms with van der Waals surface area (Å²) in [6.07, 6.45) is 0. The standard InChI is InChI=1S/C22H26N2O6S/c1-4-30-22(26)18-7-8-19(16(3)13-18)23-21(25)17-6-5-15(2)20(14-17)31(27,28)24-9-11-29-12-10-24/h5-8,13-14H,4,9-12H2,1-3H3,(H,23,25). The van der Waals surface area contributed by atoms with E-state index in [4.69, 9.17) is 9.47 Å². The van der Waals surface area contributed by atoms with Gasteiger partial charge < -0.3 is 14.8 Å². The summed E-state index contributed by atoms with van der Waals surface area (Å²) >= 11 is 0. The van der Waals surface area contributed by atoms with Crippen molar-refractivity contribution >= 4 is 27.6 Å². The molecule has 1 fully saturated rings. The maximum atomic E-state index is 13.0. The van der Waals surface area contributed by atoms with Crippen LogP contribution in [0.25, 0.3) is 0 Å². The summed E-state index contributed by atoms with van der Waals surface area (Å²) in [7, 11) is -3.73. The van der Waals surface area contributed by atoms with E-state index in [2.05, 4.69) is 5.32 Å². The van der Waals surface area contributed by atoms with Crippen LogP contribution in [0.3, 0.4) is 0 Å². The summed E-state index contributed by atoms with van der Waals surface area (Å²) in [4.78, 5) is 24.8. The summed E-state index contributed by atoms with van der Waals surface area (Å²) in [5.74, 6) is -0.870. The summed E-state index contributed by atoms with van der Waals surface area (Å²) < 4.78 is 37.7. The molecule has 0 unspecified atom stereocenters. The van der Waals surface area contributed by atoms with Crippen molar-refractivity contribution in [3.63, 3.8) is 0 Å². The summed E-state index contributed by atoms with van der Waals surface area (Å²) in [6, 6.07) is 9.45. The van der Waals surface area contributed by atoms with Gasteiger partial charge >= 0.3 is 5.97 Å². The molecule has 3 rings (SSSR count). The molecule has 1 saturated heterocycles. The predicted molar refractivity (Wildman–Crippen MR) is 116 cm³/mol. The van der Waals surface area contributed by atoms with E-state index >= 15 is 0 Å². The SMILES string of the molecule is CCOC(=O)c1ccc(NC(=O)c2ccc(C)c(S(=O)(=O)N3CCOCC3)c2)c(C)c1. The quantitative estimate of drug-likeness (QED) is 0.685. The number of ether oxygens (including phenoxy) is 2. The van der Waals surface area contributed by atoms with Gasteiger partial charge in [-0.05, 0) is 62.2 Å². The van der Waals surface area contributed by atoms with Crippen molar-refractivity contribution in [1.82, 2.24) is 4.31 Å². The molecule has 0 atom stereocenters. The Balaban J connectivity index is 1.83. The fraction of sp³-hybridized carbons (Fsp3) is 0.364. The number of nitrogens with one attached hydrogen (secondary N) is 1. The number of esters is 1. The van der Waals surface area contributed by atoms with Crippen molar-refractivity contribution in [2.45, 2.75) is 25.7 Å². The smallest absolute Gasteiger partial charge is 0.338 e. The Bertz CT molecular complexity index is 1090. The fourth-order valence-electron chi connectivity index (χ4n) is 3.29. The lowest BCUT2D eigenvalue weighted by Gasteiger charge is -2.26. The second-order valence-electron chi connectivity index (χ2n) is 7.20. The Hall–Kier alpha value is -2.75. The van der Waals surface area contributed by atoms with Crippen LogP contribution in [0, 0.1) is 13.8 Å². The van der Waals surface area contributed by atoms with Gasteiger partial charge in [0.25, 0.3) is 5.91 Å². The third kappa shape index (κ3) is 5.12. The number of benzene rings is 2. The predicted octanol–water partition coefficient (Wildman–Crippen LogP) is 2.75. The molecule has 1 aliphatic rings. The highest BCUT2D eigenvalue weighted by atomic mass is 32.2. The van der Waals surface area contributed by atoms with E-state index in [1.54, 1.807) is 51.1 Å². The zero-order valence-electron chi connectivity index (χ0n) is 17.8. The van der Waals surface area contributed by atoms with Crippen molar-refractivity contribution in [2.24, 2.45) is 0 Å². The van der Waals surface area contributed by atoms with Gasteiger partial charge in [-0.3, -0.25) is 4.79 Å². The van der Waals surface area contributed by atoms with Gasteiger partial charge in [0.15, 0.2) is 0 Å². The molecule has 2 aromatic carbocycles. The molecule has 0 spiro atoms. The second-order valence-corrected chi connectivity index (χ2v) is 9.11. The lowest BCUT2D eigenvalue weighted by atomic mass is 10.1. The number of amides is 1. The van der Waals surface area contributed by atoms with E-state index in [1.807, 2.05) is 0 Å². The molecule has 0 aromatic heterocycles. The number of sulfonamides is 1. The van der Waals surface area contributed by atoms with Crippen molar-refractivity contribution in [3.8, 4) is 0 Å². The molecule has 0 aliphatic carbocycles. The molecule has 1 N–H and O–H groups in total. The molecule has 1 amide bonds. The highest BCUT2D eigenvalue weighted by molar-refractivity contribution is 7.89. The van der Waals surface area contributed by atoms with Gasteiger partial charge in [-0.1, -0.05) is 6.07 Å². The number of nitrogens with zero attached hydrogens (tertiary/aromatic N) is 1. The normalized spacial score (nSPS) is 14.8. The van der Waals surface area contributed by atoms with Crippen LogP contribution in [-0.2, 0) is 19.5 Å². The third-order valence-corrected chi connectivity index (χ3v) is 7.06. The first-order valence-electron chi connectivity index (χ1n) is 10.0. The maximum absolute atomic E-state index is 13.0. The molecule has 9 heteroatoms. The van der Waals surface area contributed by atoms with Gasteiger partial charge in [0.2, 0.25) is 10.0 Å². The molecule has 1 aliphatic heterocycles. The first-order chi connectivity index (χ1) is 14.7. The van der Waals surface area contributed by atoms with Crippen LogP contribution in [0.4, 0.5) is 5.69 Å². The topological polar surface area (TPSA) is 102 Å². The minimum atomic E-state index is -3.73. The van der Waals surface area contributed by atoms with Crippen LogP contribution in [0.1, 0.15) is 38.8 Å². The number of anilines is 1. The monoisotopic (exact) mass is 446 g/mol. The van der Waals surface area contributed by atoms with E-state index in [9.17, 15) is 18.0 Å². The highest BCUT2D eigenvalue weighted by Crippen LogP contribution is 2.24. The van der Waals surface area contributed by atoms with Gasteiger partial charge in [-0.15, -0.1) is 0 Å². The summed E-state index contributed by atoms with van der Waals surface area (Å²) in [6.45, 7) is 6.73. The Labute approximate surface area is 182 Å². The fourth-order valence-corrected chi connectivity index (χ4v) is 4.94. The number of morpholine rings is 1. The molecule has 0 radical (unpaired) electrons. The van der Waals surface area contributed by atoms with E-state index in [0.29, 0.717) is 35.6 Å². The lowest BCUT2D eigenvalue weighted by Crippen LogP contribution is -2.40. The Morgan fingerprint density at radius 1 is 1.03 bits per heavy atom. The minimum absolute atomic E-state index is 0.108. The zero-order valence-corrected chi connectivity index (χ0v) is 18.6. The first-order valence-corrected chi connectivity index (χ1v) is 11.5. The van der Waals surface area contributed by atoms with Crippen molar-refractivity contribution in [1.29, 1.82) is 0 Å². The van der Waals surface area contributed by atoms with Crippen LogP contribution in [0.2, 0.25) is 0 Å². The van der Waals surface area contributed by atoms with Crippen LogP contribution >= 0.6 is 0 Å². The van der Waals surface area contributed by atoms with E-state index in [1.165, 1.54) is 10.4 Å². The molecule has 2 aromatic rings. The molecular formula is C22H26N2O6S. The van der Waals surface area contributed by atoms with Gasteiger partial charge in [-0.2, -0.15) is 4.31 Å². The van der Waals surface area contributed by atoms with Crippen LogP contribution < -0.4 is 5.32 Å². The highest BCUT2D eigenvalue weighted by Gasteiger charge is 2.28. The maximum Gasteiger partial charge on any atom is 0.338 e. The number of carbonyl (C=O) groups excluding carboxylic acids is 2. The van der Waals surface area contributed by atoms with E-state index < -0.39 is 21.9 Å². The molecule has 31 heavy (non-hydrogen) atoms. The minimum Gasteiger partial charge on any atom is -0.462 e. The number of carbonyl (C=O) groups is 2. The summed E-state index contributed by atoms with van der Waals surface area (Å²) in [5, 5.41) is 2.78. The lowest BCUT2D eigenvalue weighted by molar-refractivity contribution is 0.0526. The molecule has 8 nitrogen and oxygen atoms in total. The third-order valence-electron chi connectivity index (χ3n) is 5.02. The van der Waals surface area contributed by atoms with Crippen LogP contribution in [0.5, 0.6) is 0 Å². The van der Waals surface area contributed by atoms with Gasteiger partial charge in [0.05, 0.1) is 30.3 Å². The van der Waals surface area contributed by atoms with Gasteiger partial charge in [0, 0.05) is 24.3 Å². The van der Waals surface area contributed by atoms with E-state index in [-0.39, 0.29) is 30.2 Å². The average molecular weight is 447 g/mol. The zero-order chi connectivity index (χ0) is 22.6. The average Bonchev–Trinajstić information content (AvgIpc) is 2.76. The molecule has 0 saturated carbocycles. The van der Waals surface area contributed by atoms with Gasteiger partial charge in [-0.25, -0.2) is 13.2 Å². The summed E-state index contributed by atoms with van der Waals surface area (Å²) in [5.41, 5.74) is 2.40. The van der Waals surface area contributed by atoms with Crippen LogP contribution in [0.15, 0.2) is 41.3 Å². The van der Waals surface area contributed by atoms with Crippen molar-refractivity contribution < 1.29 is 27.5 Å². The number of hydrogen-bond acceptors (Lipinski definition) is 6. The largest absolute Gasteiger partial charge is 0.462 e. The Kier molecular flexibility index (Phi) is 7.09. The van der Waals surface area contributed by atoms with Crippen molar-refractivity contribution in [3.05, 3.63) is 58.7 Å². The number of aryl methyl sites for hydroxylation is 2. The Morgan fingerprint density at radius 2 is 1.71 bits per heavy atom. The molecular weight excluding hydrogens is 420 g/mol. The first kappa shape index (κ1) is 22.9. The van der Waals surface area contributed by atoms with Crippen LogP contribution in [-0.4, -0.2) is 57.5 Å². The molecule has 1 heterocycles. The van der Waals surface area contributed by atoms with Crippen molar-refractivity contribution in [2.75, 3.05) is 38.2 Å². The second kappa shape index (κ2) is 9.59. The van der Waals surface area contributed by atoms with Gasteiger partial charge in [0.1, 0.15) is 0 Å². The molecule has 0 bridgehead atoms. The van der Waals surface area contributed by atoms with E-state index in [0.717, 1.165) is 0 Å². The molecule has 166 valence electrons.